The zero-order valence-corrected chi connectivity index (χ0v) is 8.49. The fourth-order valence-corrected chi connectivity index (χ4v) is 1.62. The molecule has 0 unspecified atom stereocenters. The second kappa shape index (κ2) is 4.21. The number of nitrogens with two attached hydrogens (primary N) is 1. The fourth-order valence-electron chi connectivity index (χ4n) is 1.62. The smallest absolute Gasteiger partial charge is 0.316 e. The third-order valence-corrected chi connectivity index (χ3v) is 2.61. The summed E-state index contributed by atoms with van der Waals surface area (Å²) >= 11 is 0. The molecule has 2 amide bonds. The van der Waals surface area contributed by atoms with E-state index in [1.165, 1.54) is 19.3 Å². The highest BCUT2D eigenvalue weighted by Crippen LogP contribution is 2.24. The van der Waals surface area contributed by atoms with Crippen molar-refractivity contribution in [2.75, 3.05) is 10.6 Å². The molecule has 1 aromatic carbocycles. The van der Waals surface area contributed by atoms with Crippen LogP contribution in [0.2, 0.25) is 0 Å². The van der Waals surface area contributed by atoms with Gasteiger partial charge in [0.25, 0.3) is 0 Å². The first-order chi connectivity index (χ1) is 7.24. The van der Waals surface area contributed by atoms with Crippen molar-refractivity contribution in [1.29, 1.82) is 0 Å². The standard InChI is InChI=1S/C11H15N3O/c12-11(15)14-10-6-2-5-9(7-10)13-8-3-1-4-8/h2,5-8,13H,1,3-4H2,(H3,12,14,15). The van der Waals surface area contributed by atoms with Crippen LogP contribution < -0.4 is 16.4 Å². The average Bonchev–Trinajstić information content (AvgIpc) is 2.11. The van der Waals surface area contributed by atoms with Crippen LogP contribution in [-0.2, 0) is 0 Å². The van der Waals surface area contributed by atoms with Gasteiger partial charge in [-0.3, -0.25) is 0 Å². The SMILES string of the molecule is NC(=O)Nc1cccc(NC2CCC2)c1. The Labute approximate surface area is 88.9 Å². The Morgan fingerprint density at radius 2 is 2.07 bits per heavy atom. The molecule has 0 bridgehead atoms. The Bertz CT molecular complexity index is 361. The lowest BCUT2D eigenvalue weighted by Crippen LogP contribution is -2.27. The number of carbonyl (C=O) groups is 1. The van der Waals surface area contributed by atoms with E-state index in [-0.39, 0.29) is 0 Å². The molecule has 0 radical (unpaired) electrons. The van der Waals surface area contributed by atoms with Gasteiger partial charge in [0.05, 0.1) is 0 Å². The largest absolute Gasteiger partial charge is 0.382 e. The van der Waals surface area contributed by atoms with Crippen LogP contribution in [0.25, 0.3) is 0 Å². The summed E-state index contributed by atoms with van der Waals surface area (Å²) in [7, 11) is 0. The van der Waals surface area contributed by atoms with Crippen molar-refractivity contribution in [2.45, 2.75) is 25.3 Å². The van der Waals surface area contributed by atoms with E-state index in [1.54, 1.807) is 0 Å². The maximum atomic E-state index is 10.7. The molecule has 0 heterocycles. The summed E-state index contributed by atoms with van der Waals surface area (Å²) in [5.74, 6) is 0. The zero-order chi connectivity index (χ0) is 10.7. The molecule has 0 spiro atoms. The monoisotopic (exact) mass is 205 g/mol. The van der Waals surface area contributed by atoms with E-state index < -0.39 is 6.03 Å². The summed E-state index contributed by atoms with van der Waals surface area (Å²) in [6.45, 7) is 0. The summed E-state index contributed by atoms with van der Waals surface area (Å²) < 4.78 is 0. The molecule has 1 fully saturated rings. The molecular weight excluding hydrogens is 190 g/mol. The molecule has 1 aliphatic rings. The minimum atomic E-state index is -0.532. The van der Waals surface area contributed by atoms with E-state index >= 15 is 0 Å². The number of primary amides is 1. The second-order valence-corrected chi connectivity index (χ2v) is 3.84. The number of urea groups is 1. The first kappa shape index (κ1) is 9.83. The predicted molar refractivity (Wildman–Crippen MR) is 60.9 cm³/mol. The molecule has 1 saturated carbocycles. The van der Waals surface area contributed by atoms with Crippen LogP contribution in [0.5, 0.6) is 0 Å². The minimum Gasteiger partial charge on any atom is -0.382 e. The van der Waals surface area contributed by atoms with Crippen LogP contribution in [0.3, 0.4) is 0 Å². The quantitative estimate of drug-likeness (QED) is 0.707. The molecule has 0 aromatic heterocycles. The molecule has 15 heavy (non-hydrogen) atoms. The van der Waals surface area contributed by atoms with E-state index in [0.717, 1.165) is 11.4 Å². The molecule has 80 valence electrons. The van der Waals surface area contributed by atoms with Gasteiger partial charge in [-0.1, -0.05) is 6.07 Å². The van der Waals surface area contributed by atoms with Crippen molar-refractivity contribution < 1.29 is 4.79 Å². The van der Waals surface area contributed by atoms with Gasteiger partial charge in [0.15, 0.2) is 0 Å². The van der Waals surface area contributed by atoms with Crippen LogP contribution >= 0.6 is 0 Å². The molecule has 1 aromatic rings. The Morgan fingerprint density at radius 1 is 1.33 bits per heavy atom. The lowest BCUT2D eigenvalue weighted by Gasteiger charge is -2.27. The number of benzene rings is 1. The molecular formula is C11H15N3O. The molecule has 4 heteroatoms. The van der Waals surface area contributed by atoms with Crippen LogP contribution in [0.1, 0.15) is 19.3 Å². The van der Waals surface area contributed by atoms with Crippen molar-refractivity contribution in [3.05, 3.63) is 24.3 Å². The van der Waals surface area contributed by atoms with Crippen molar-refractivity contribution >= 4 is 17.4 Å². The van der Waals surface area contributed by atoms with Crippen LogP contribution in [0.4, 0.5) is 16.2 Å². The van der Waals surface area contributed by atoms with Gasteiger partial charge >= 0.3 is 6.03 Å². The van der Waals surface area contributed by atoms with E-state index in [0.29, 0.717) is 6.04 Å². The highest BCUT2D eigenvalue weighted by Gasteiger charge is 2.16. The van der Waals surface area contributed by atoms with Gasteiger partial charge in [-0.25, -0.2) is 4.79 Å². The third-order valence-electron chi connectivity index (χ3n) is 2.61. The molecule has 0 atom stereocenters. The Balaban J connectivity index is 2.00. The van der Waals surface area contributed by atoms with Crippen molar-refractivity contribution in [1.82, 2.24) is 0 Å². The van der Waals surface area contributed by atoms with Gasteiger partial charge in [0, 0.05) is 17.4 Å². The van der Waals surface area contributed by atoms with Crippen molar-refractivity contribution in [3.8, 4) is 0 Å². The molecule has 4 nitrogen and oxygen atoms in total. The Kier molecular flexibility index (Phi) is 2.76. The van der Waals surface area contributed by atoms with Gasteiger partial charge < -0.3 is 16.4 Å². The number of hydrogen-bond acceptors (Lipinski definition) is 2. The summed E-state index contributed by atoms with van der Waals surface area (Å²) in [5, 5.41) is 5.95. The third kappa shape index (κ3) is 2.62. The number of nitrogens with one attached hydrogen (secondary N) is 2. The average molecular weight is 205 g/mol. The van der Waals surface area contributed by atoms with Crippen LogP contribution in [0.15, 0.2) is 24.3 Å². The number of carbonyl (C=O) groups excluding carboxylic acids is 1. The number of hydrogen-bond donors (Lipinski definition) is 3. The summed E-state index contributed by atoms with van der Waals surface area (Å²) in [6.07, 6.45) is 3.76. The second-order valence-electron chi connectivity index (χ2n) is 3.84. The molecule has 2 rings (SSSR count). The van der Waals surface area contributed by atoms with Crippen LogP contribution in [-0.4, -0.2) is 12.1 Å². The maximum absolute atomic E-state index is 10.7. The van der Waals surface area contributed by atoms with Crippen LogP contribution in [0, 0.1) is 0 Å². The summed E-state index contributed by atoms with van der Waals surface area (Å²) in [6, 6.07) is 7.65. The van der Waals surface area contributed by atoms with E-state index in [9.17, 15) is 4.79 Å². The summed E-state index contributed by atoms with van der Waals surface area (Å²) in [5.41, 5.74) is 6.80. The van der Waals surface area contributed by atoms with E-state index in [2.05, 4.69) is 10.6 Å². The number of rotatable bonds is 3. The van der Waals surface area contributed by atoms with Gasteiger partial charge in [-0.15, -0.1) is 0 Å². The van der Waals surface area contributed by atoms with E-state index in [1.807, 2.05) is 24.3 Å². The summed E-state index contributed by atoms with van der Waals surface area (Å²) in [4.78, 5) is 10.7. The molecule has 0 saturated heterocycles. The lowest BCUT2D eigenvalue weighted by atomic mass is 9.93. The number of anilines is 2. The topological polar surface area (TPSA) is 67.2 Å². The Hall–Kier alpha value is -1.71. The number of amides is 2. The van der Waals surface area contributed by atoms with Crippen molar-refractivity contribution in [3.63, 3.8) is 0 Å². The van der Waals surface area contributed by atoms with Gasteiger partial charge in [0.2, 0.25) is 0 Å². The first-order valence-electron chi connectivity index (χ1n) is 5.17. The molecule has 4 N–H and O–H groups in total. The fraction of sp³-hybridized carbons (Fsp3) is 0.364. The highest BCUT2D eigenvalue weighted by molar-refractivity contribution is 5.88. The predicted octanol–water partition coefficient (Wildman–Crippen LogP) is 2.14. The maximum Gasteiger partial charge on any atom is 0.316 e. The highest BCUT2D eigenvalue weighted by atomic mass is 16.2. The Morgan fingerprint density at radius 3 is 2.67 bits per heavy atom. The lowest BCUT2D eigenvalue weighted by molar-refractivity contribution is 0.259. The van der Waals surface area contributed by atoms with Crippen molar-refractivity contribution in [2.24, 2.45) is 5.73 Å². The first-order valence-corrected chi connectivity index (χ1v) is 5.17. The van der Waals surface area contributed by atoms with Gasteiger partial charge in [-0.05, 0) is 37.5 Å². The van der Waals surface area contributed by atoms with Gasteiger partial charge in [0.1, 0.15) is 0 Å². The van der Waals surface area contributed by atoms with E-state index in [4.69, 9.17) is 5.73 Å². The van der Waals surface area contributed by atoms with Gasteiger partial charge in [-0.2, -0.15) is 0 Å². The normalized spacial score (nSPS) is 15.5. The molecule has 0 aliphatic heterocycles. The zero-order valence-electron chi connectivity index (χ0n) is 8.49. The molecule has 1 aliphatic carbocycles. The minimum absolute atomic E-state index is 0.532.